The van der Waals surface area contributed by atoms with Crippen molar-refractivity contribution in [3.05, 3.63) is 181 Å². The van der Waals surface area contributed by atoms with E-state index in [1.807, 2.05) is 123 Å². The van der Waals surface area contributed by atoms with Crippen LogP contribution in [-0.2, 0) is 0 Å². The van der Waals surface area contributed by atoms with Gasteiger partial charge in [0.1, 0.15) is 0 Å². The summed E-state index contributed by atoms with van der Waals surface area (Å²) in [5.41, 5.74) is 10.0. The minimum atomic E-state index is 0.919. The number of fused-ring (bicyclic) bond motifs is 1. The van der Waals surface area contributed by atoms with E-state index in [0.29, 0.717) is 0 Å². The summed E-state index contributed by atoms with van der Waals surface area (Å²) in [6.45, 7) is 8.20. The van der Waals surface area contributed by atoms with Gasteiger partial charge in [0.25, 0.3) is 0 Å². The predicted octanol–water partition coefficient (Wildman–Crippen LogP) is 10.0. The van der Waals surface area contributed by atoms with Crippen molar-refractivity contribution in [1.29, 1.82) is 0 Å². The van der Waals surface area contributed by atoms with Crippen LogP contribution in [0.15, 0.2) is 158 Å². The van der Waals surface area contributed by atoms with Crippen LogP contribution in [0.3, 0.4) is 0 Å². The van der Waals surface area contributed by atoms with Crippen LogP contribution in [0.25, 0.3) is 33.5 Å². The molecular formula is C40H38N4. The first-order valence-corrected chi connectivity index (χ1v) is 14.6. The number of benzene rings is 3. The molecule has 0 aliphatic rings. The summed E-state index contributed by atoms with van der Waals surface area (Å²) in [4.78, 5) is 17.1. The Morgan fingerprint density at radius 1 is 0.364 bits per heavy atom. The van der Waals surface area contributed by atoms with Crippen molar-refractivity contribution in [2.75, 3.05) is 0 Å². The zero-order chi connectivity index (χ0) is 31.0. The average Bonchev–Trinajstić information content (AvgIpc) is 3.07. The largest absolute Gasteiger partial charge is 0.256 e. The van der Waals surface area contributed by atoms with Gasteiger partial charge < -0.3 is 0 Å². The number of para-hydroxylation sites is 1. The summed E-state index contributed by atoms with van der Waals surface area (Å²) in [6.07, 6.45) is 7.41. The van der Waals surface area contributed by atoms with Gasteiger partial charge in [-0.3, -0.25) is 19.9 Å². The minimum Gasteiger partial charge on any atom is -0.256 e. The van der Waals surface area contributed by atoms with Crippen LogP contribution >= 0.6 is 0 Å². The Balaban J connectivity index is 0.000000137. The number of hydrogen-bond donors (Lipinski definition) is 0. The minimum absolute atomic E-state index is 0.919. The fraction of sp³-hybridized carbons (Fsp3) is 0.100. The van der Waals surface area contributed by atoms with E-state index >= 15 is 0 Å². The Bertz CT molecular complexity index is 1720. The molecule has 3 aromatic carbocycles. The van der Waals surface area contributed by atoms with Crippen LogP contribution in [-0.4, -0.2) is 19.9 Å². The summed E-state index contributed by atoms with van der Waals surface area (Å²) in [7, 11) is 0. The molecule has 0 bridgehead atoms. The number of pyridine rings is 4. The van der Waals surface area contributed by atoms with Crippen molar-refractivity contribution in [3.8, 4) is 22.6 Å². The van der Waals surface area contributed by atoms with Crippen molar-refractivity contribution in [1.82, 2.24) is 19.9 Å². The molecule has 0 amide bonds. The Hall–Kier alpha value is -5.48. The number of hydrogen-bond acceptors (Lipinski definition) is 4. The molecule has 0 aliphatic carbocycles. The quantitative estimate of drug-likeness (QED) is 0.206. The molecule has 4 heterocycles. The Kier molecular flexibility index (Phi) is 12.0. The maximum absolute atomic E-state index is 4.35. The molecule has 0 unspecified atom stereocenters. The highest BCUT2D eigenvalue weighted by atomic mass is 14.8. The van der Waals surface area contributed by atoms with E-state index in [-0.39, 0.29) is 0 Å². The molecule has 0 aliphatic heterocycles. The molecule has 0 radical (unpaired) electrons. The van der Waals surface area contributed by atoms with Gasteiger partial charge in [-0.25, -0.2) is 0 Å². The zero-order valence-corrected chi connectivity index (χ0v) is 25.8. The standard InChI is InChI=1S/C12H11N.C11H10N2.C10H9N.C7H8/c1-10-7-8-12(13-9-10)11-5-3-2-4-6-11;1-9-5-6-11(13-8-9)10-4-2-3-7-12-10;1-8-6-9-4-2-3-5-10(9)11-7-8;1-7-5-3-2-4-6-7/h2-9H,1H3;2-8H,1H3;2-7H,1H3;2-6H,1H3. The van der Waals surface area contributed by atoms with Gasteiger partial charge >= 0.3 is 0 Å². The smallest absolute Gasteiger partial charge is 0.0886 e. The summed E-state index contributed by atoms with van der Waals surface area (Å²) < 4.78 is 0. The summed E-state index contributed by atoms with van der Waals surface area (Å²) in [6, 6.07) is 44.7. The fourth-order valence-electron chi connectivity index (χ4n) is 4.10. The Labute approximate surface area is 261 Å². The maximum atomic E-state index is 4.35. The van der Waals surface area contributed by atoms with Crippen molar-refractivity contribution in [2.45, 2.75) is 27.7 Å². The lowest BCUT2D eigenvalue weighted by atomic mass is 10.1. The lowest BCUT2D eigenvalue weighted by Gasteiger charge is -1.99. The van der Waals surface area contributed by atoms with Crippen molar-refractivity contribution >= 4 is 10.9 Å². The van der Waals surface area contributed by atoms with E-state index in [4.69, 9.17) is 0 Å². The molecule has 0 saturated heterocycles. The van der Waals surface area contributed by atoms with E-state index in [0.717, 1.165) is 22.6 Å². The first-order valence-electron chi connectivity index (χ1n) is 14.6. The summed E-state index contributed by atoms with van der Waals surface area (Å²) >= 11 is 0. The normalized spacial score (nSPS) is 9.82. The highest BCUT2D eigenvalue weighted by molar-refractivity contribution is 5.78. The summed E-state index contributed by atoms with van der Waals surface area (Å²) in [5, 5.41) is 1.22. The highest BCUT2D eigenvalue weighted by Gasteiger charge is 1.98. The molecule has 44 heavy (non-hydrogen) atoms. The number of aromatic nitrogens is 4. The van der Waals surface area contributed by atoms with Crippen LogP contribution < -0.4 is 0 Å². The molecule has 0 atom stereocenters. The van der Waals surface area contributed by atoms with Crippen LogP contribution in [0.1, 0.15) is 22.3 Å². The van der Waals surface area contributed by atoms with Gasteiger partial charge in [0.2, 0.25) is 0 Å². The van der Waals surface area contributed by atoms with Crippen LogP contribution in [0, 0.1) is 27.7 Å². The Morgan fingerprint density at radius 2 is 0.909 bits per heavy atom. The molecule has 0 saturated carbocycles. The third-order valence-corrected chi connectivity index (χ3v) is 6.49. The summed E-state index contributed by atoms with van der Waals surface area (Å²) in [5.74, 6) is 0. The molecule has 4 heteroatoms. The second-order valence-corrected chi connectivity index (χ2v) is 10.4. The third kappa shape index (κ3) is 10.4. The van der Waals surface area contributed by atoms with Crippen molar-refractivity contribution < 1.29 is 0 Å². The molecule has 7 aromatic rings. The van der Waals surface area contributed by atoms with Gasteiger partial charge in [-0.15, -0.1) is 0 Å². The van der Waals surface area contributed by atoms with Gasteiger partial charge in [-0.05, 0) is 80.8 Å². The van der Waals surface area contributed by atoms with Gasteiger partial charge in [-0.2, -0.15) is 0 Å². The van der Waals surface area contributed by atoms with E-state index in [1.54, 1.807) is 6.20 Å². The van der Waals surface area contributed by atoms with Crippen LogP contribution in [0.2, 0.25) is 0 Å². The number of rotatable bonds is 2. The second kappa shape index (κ2) is 16.8. The van der Waals surface area contributed by atoms with Crippen LogP contribution in [0.4, 0.5) is 0 Å². The highest BCUT2D eigenvalue weighted by Crippen LogP contribution is 2.16. The fourth-order valence-corrected chi connectivity index (χ4v) is 4.10. The number of nitrogens with zero attached hydrogens (tertiary/aromatic N) is 4. The molecule has 0 fully saturated rings. The molecule has 0 N–H and O–H groups in total. The molecular weight excluding hydrogens is 536 g/mol. The van der Waals surface area contributed by atoms with Gasteiger partial charge in [0.15, 0.2) is 0 Å². The van der Waals surface area contributed by atoms with E-state index in [2.05, 4.69) is 76.2 Å². The third-order valence-electron chi connectivity index (χ3n) is 6.49. The second-order valence-electron chi connectivity index (χ2n) is 10.4. The molecule has 218 valence electrons. The molecule has 7 rings (SSSR count). The van der Waals surface area contributed by atoms with Crippen molar-refractivity contribution in [2.24, 2.45) is 0 Å². The van der Waals surface area contributed by atoms with Crippen molar-refractivity contribution in [3.63, 3.8) is 0 Å². The topological polar surface area (TPSA) is 51.6 Å². The maximum Gasteiger partial charge on any atom is 0.0886 e. The Morgan fingerprint density at radius 3 is 1.48 bits per heavy atom. The van der Waals surface area contributed by atoms with Gasteiger partial charge in [0.05, 0.1) is 22.6 Å². The lowest BCUT2D eigenvalue weighted by molar-refractivity contribution is 1.22. The first kappa shape index (κ1) is 31.5. The zero-order valence-electron chi connectivity index (χ0n) is 25.8. The lowest BCUT2D eigenvalue weighted by Crippen LogP contribution is -1.85. The van der Waals surface area contributed by atoms with E-state index in [9.17, 15) is 0 Å². The molecule has 4 aromatic heterocycles. The monoisotopic (exact) mass is 574 g/mol. The average molecular weight is 575 g/mol. The van der Waals surface area contributed by atoms with Crippen LogP contribution in [0.5, 0.6) is 0 Å². The molecule has 0 spiro atoms. The predicted molar refractivity (Wildman–Crippen MR) is 184 cm³/mol. The van der Waals surface area contributed by atoms with E-state index in [1.165, 1.54) is 33.2 Å². The van der Waals surface area contributed by atoms with Gasteiger partial charge in [0, 0.05) is 35.7 Å². The first-order chi connectivity index (χ1) is 21.5. The van der Waals surface area contributed by atoms with E-state index < -0.39 is 0 Å². The molecule has 4 nitrogen and oxygen atoms in total. The number of aryl methyl sites for hydroxylation is 4. The SMILES string of the molecule is Cc1ccc(-c2ccccc2)nc1.Cc1ccc(-c2ccccn2)nc1.Cc1ccccc1.Cc1cnc2ccccc2c1. The van der Waals surface area contributed by atoms with Gasteiger partial charge in [-0.1, -0.05) is 103 Å².